The second-order valence-electron chi connectivity index (χ2n) is 7.26. The van der Waals surface area contributed by atoms with Crippen molar-refractivity contribution in [3.05, 3.63) is 108 Å². The number of benzene rings is 4. The summed E-state index contributed by atoms with van der Waals surface area (Å²) in [4.78, 5) is 5.11. The van der Waals surface area contributed by atoms with E-state index in [0.717, 1.165) is 56.2 Å². The number of nitrogens with zero attached hydrogens (tertiary/aromatic N) is 2. The number of hydrogen-bond donors (Lipinski definition) is 0. The summed E-state index contributed by atoms with van der Waals surface area (Å²) in [6.45, 7) is 2.15. The Bertz CT molecular complexity index is 1320. The van der Waals surface area contributed by atoms with Gasteiger partial charge in [0.25, 0.3) is 0 Å². The van der Waals surface area contributed by atoms with Gasteiger partial charge < -0.3 is 0 Å². The van der Waals surface area contributed by atoms with Gasteiger partial charge in [-0.3, -0.25) is 4.57 Å². The largest absolute Gasteiger partial charge is 0.295 e. The fourth-order valence-electron chi connectivity index (χ4n) is 4.07. The predicted octanol–water partition coefficient (Wildman–Crippen LogP) is 7.58. The van der Waals surface area contributed by atoms with Crippen molar-refractivity contribution >= 4 is 22.4 Å². The molecule has 0 amide bonds. The maximum atomic E-state index is 6.52. The zero-order chi connectivity index (χ0) is 20.5. The number of halogens is 1. The molecule has 3 heteroatoms. The minimum absolute atomic E-state index is 0.761. The summed E-state index contributed by atoms with van der Waals surface area (Å²) in [7, 11) is 0. The lowest BCUT2D eigenvalue weighted by Gasteiger charge is -2.16. The average Bonchev–Trinajstić information content (AvgIpc) is 3.20. The predicted molar refractivity (Wildman–Crippen MR) is 126 cm³/mol. The maximum Gasteiger partial charge on any atom is 0.114 e. The molecule has 0 aliphatic rings. The molecule has 0 N–H and O–H groups in total. The standard InChI is InChI=1S/C27H21ClN2/c1-2-25-29-26(19-11-5-3-6-12-19)27(20-13-7-4-8-14-20)30(25)24-18-10-15-21-22(24)16-9-17-23(21)28/h3-18H,2H2,1H3. The van der Waals surface area contributed by atoms with E-state index >= 15 is 0 Å². The second kappa shape index (κ2) is 7.81. The number of fused-ring (bicyclic) bond motifs is 1. The molecule has 0 aliphatic carbocycles. The molecule has 0 radical (unpaired) electrons. The van der Waals surface area contributed by atoms with Gasteiger partial charge in [-0.05, 0) is 12.1 Å². The molecule has 0 atom stereocenters. The van der Waals surface area contributed by atoms with Gasteiger partial charge in [-0.25, -0.2) is 4.98 Å². The Hall–Kier alpha value is -3.36. The van der Waals surface area contributed by atoms with Crippen LogP contribution in [0.4, 0.5) is 0 Å². The number of rotatable bonds is 4. The Labute approximate surface area is 181 Å². The molecule has 0 aliphatic heterocycles. The van der Waals surface area contributed by atoms with Gasteiger partial charge >= 0.3 is 0 Å². The van der Waals surface area contributed by atoms with Gasteiger partial charge in [-0.1, -0.05) is 103 Å². The van der Waals surface area contributed by atoms with Crippen LogP contribution in [0.1, 0.15) is 12.7 Å². The Morgan fingerprint density at radius 1 is 0.700 bits per heavy atom. The first-order chi connectivity index (χ1) is 14.8. The van der Waals surface area contributed by atoms with E-state index in [-0.39, 0.29) is 0 Å². The summed E-state index contributed by atoms with van der Waals surface area (Å²) in [5.74, 6) is 1.03. The van der Waals surface area contributed by atoms with Crippen LogP contribution in [0.2, 0.25) is 5.02 Å². The molecule has 5 aromatic rings. The molecule has 0 bridgehead atoms. The van der Waals surface area contributed by atoms with E-state index in [0.29, 0.717) is 0 Å². The SMILES string of the molecule is CCc1nc(-c2ccccc2)c(-c2ccccc2)n1-c1cccc2c(Cl)cccc12. The summed E-state index contributed by atoms with van der Waals surface area (Å²) >= 11 is 6.52. The van der Waals surface area contributed by atoms with Crippen LogP contribution in [0.5, 0.6) is 0 Å². The van der Waals surface area contributed by atoms with Crippen molar-refractivity contribution < 1.29 is 0 Å². The Morgan fingerprint density at radius 2 is 1.33 bits per heavy atom. The smallest absolute Gasteiger partial charge is 0.114 e. The number of aromatic nitrogens is 2. The molecule has 1 heterocycles. The summed E-state index contributed by atoms with van der Waals surface area (Å²) in [6.07, 6.45) is 0.823. The summed E-state index contributed by atoms with van der Waals surface area (Å²) < 4.78 is 2.30. The molecule has 0 saturated heterocycles. The van der Waals surface area contributed by atoms with Gasteiger partial charge in [0.1, 0.15) is 5.82 Å². The monoisotopic (exact) mass is 408 g/mol. The Morgan fingerprint density at radius 3 is 2.03 bits per heavy atom. The normalized spacial score (nSPS) is 11.1. The lowest BCUT2D eigenvalue weighted by atomic mass is 10.0. The molecule has 5 rings (SSSR count). The van der Waals surface area contributed by atoms with Gasteiger partial charge in [-0.2, -0.15) is 0 Å². The number of imidazole rings is 1. The lowest BCUT2D eigenvalue weighted by Crippen LogP contribution is -2.03. The number of aryl methyl sites for hydroxylation is 1. The first-order valence-corrected chi connectivity index (χ1v) is 10.6. The third-order valence-corrected chi connectivity index (χ3v) is 5.77. The van der Waals surface area contributed by atoms with Crippen LogP contribution in [0.25, 0.3) is 39.0 Å². The molecule has 0 spiro atoms. The lowest BCUT2D eigenvalue weighted by molar-refractivity contribution is 0.900. The van der Waals surface area contributed by atoms with Gasteiger partial charge in [0.15, 0.2) is 0 Å². The van der Waals surface area contributed by atoms with Crippen LogP contribution in [0, 0.1) is 0 Å². The van der Waals surface area contributed by atoms with Crippen LogP contribution < -0.4 is 0 Å². The van der Waals surface area contributed by atoms with Gasteiger partial charge in [0.2, 0.25) is 0 Å². The average molecular weight is 409 g/mol. The van der Waals surface area contributed by atoms with E-state index in [1.54, 1.807) is 0 Å². The van der Waals surface area contributed by atoms with E-state index in [9.17, 15) is 0 Å². The highest BCUT2D eigenvalue weighted by Crippen LogP contribution is 2.38. The summed E-state index contributed by atoms with van der Waals surface area (Å²) in [5.41, 5.74) is 5.45. The molecule has 30 heavy (non-hydrogen) atoms. The van der Waals surface area contributed by atoms with Gasteiger partial charge in [-0.15, -0.1) is 0 Å². The highest BCUT2D eigenvalue weighted by atomic mass is 35.5. The third-order valence-electron chi connectivity index (χ3n) is 5.44. The minimum atomic E-state index is 0.761. The summed E-state index contributed by atoms with van der Waals surface area (Å²) in [5, 5.41) is 2.93. The molecule has 146 valence electrons. The maximum absolute atomic E-state index is 6.52. The van der Waals surface area contributed by atoms with Crippen LogP contribution >= 0.6 is 11.6 Å². The van der Waals surface area contributed by atoms with E-state index < -0.39 is 0 Å². The van der Waals surface area contributed by atoms with Crippen molar-refractivity contribution in [2.75, 3.05) is 0 Å². The van der Waals surface area contributed by atoms with Crippen molar-refractivity contribution in [1.82, 2.24) is 9.55 Å². The molecular weight excluding hydrogens is 388 g/mol. The van der Waals surface area contributed by atoms with Crippen LogP contribution in [0.15, 0.2) is 97.1 Å². The Kier molecular flexibility index (Phi) is 4.86. The molecule has 0 fully saturated rings. The van der Waals surface area contributed by atoms with Gasteiger partial charge in [0, 0.05) is 33.3 Å². The van der Waals surface area contributed by atoms with Crippen LogP contribution in [-0.2, 0) is 6.42 Å². The first kappa shape index (κ1) is 18.7. The summed E-state index contributed by atoms with van der Waals surface area (Å²) in [6, 6.07) is 33.3. The fraction of sp³-hybridized carbons (Fsp3) is 0.0741. The van der Waals surface area contributed by atoms with Crippen molar-refractivity contribution in [1.29, 1.82) is 0 Å². The van der Waals surface area contributed by atoms with Crippen molar-refractivity contribution in [3.63, 3.8) is 0 Å². The molecule has 0 saturated carbocycles. The van der Waals surface area contributed by atoms with Crippen molar-refractivity contribution in [2.24, 2.45) is 0 Å². The van der Waals surface area contributed by atoms with E-state index in [2.05, 4.69) is 84.3 Å². The minimum Gasteiger partial charge on any atom is -0.295 e. The second-order valence-corrected chi connectivity index (χ2v) is 7.67. The fourth-order valence-corrected chi connectivity index (χ4v) is 4.31. The van der Waals surface area contributed by atoms with Crippen LogP contribution in [-0.4, -0.2) is 9.55 Å². The number of hydrogen-bond acceptors (Lipinski definition) is 1. The molecular formula is C27H21ClN2. The van der Waals surface area contributed by atoms with E-state index in [1.165, 1.54) is 0 Å². The molecule has 1 aromatic heterocycles. The third kappa shape index (κ3) is 3.10. The van der Waals surface area contributed by atoms with Gasteiger partial charge in [0.05, 0.1) is 17.1 Å². The Balaban J connectivity index is 1.90. The highest BCUT2D eigenvalue weighted by Gasteiger charge is 2.21. The highest BCUT2D eigenvalue weighted by molar-refractivity contribution is 6.35. The topological polar surface area (TPSA) is 17.8 Å². The zero-order valence-corrected chi connectivity index (χ0v) is 17.5. The van der Waals surface area contributed by atoms with E-state index in [1.807, 2.05) is 24.3 Å². The van der Waals surface area contributed by atoms with Crippen LogP contribution in [0.3, 0.4) is 0 Å². The van der Waals surface area contributed by atoms with Crippen molar-refractivity contribution in [2.45, 2.75) is 13.3 Å². The van der Waals surface area contributed by atoms with E-state index in [4.69, 9.17) is 16.6 Å². The molecule has 2 nitrogen and oxygen atoms in total. The quantitative estimate of drug-likeness (QED) is 0.299. The first-order valence-electron chi connectivity index (χ1n) is 10.2. The molecule has 0 unspecified atom stereocenters. The van der Waals surface area contributed by atoms with Crippen molar-refractivity contribution in [3.8, 4) is 28.2 Å². The molecule has 4 aromatic carbocycles. The zero-order valence-electron chi connectivity index (χ0n) is 16.7.